The van der Waals surface area contributed by atoms with Crippen LogP contribution in [0.5, 0.6) is 11.5 Å². The molecule has 1 unspecified atom stereocenters. The molecule has 3 amide bonds. The number of hydrogen-bond donors (Lipinski definition) is 2. The highest BCUT2D eigenvalue weighted by molar-refractivity contribution is 6.05. The van der Waals surface area contributed by atoms with Gasteiger partial charge in [0.05, 0.1) is 49.2 Å². The third-order valence-corrected chi connectivity index (χ3v) is 10.6. The number of benzene rings is 3. The van der Waals surface area contributed by atoms with Crippen molar-refractivity contribution >= 4 is 63.9 Å². The second-order valence-corrected chi connectivity index (χ2v) is 14.8. The molecule has 3 aromatic carbocycles. The summed E-state index contributed by atoms with van der Waals surface area (Å²) < 4.78 is 21.1. The second-order valence-electron chi connectivity index (χ2n) is 14.8. The number of methoxy groups -OCH3 is 2. The van der Waals surface area contributed by atoms with Crippen molar-refractivity contribution in [1.82, 2.24) is 23.6 Å². The largest absolute Gasteiger partial charge is 0.493 e. The molecular formula is C45H42N8O8. The Morgan fingerprint density at radius 2 is 1.70 bits per heavy atom. The zero-order chi connectivity index (χ0) is 42.9. The van der Waals surface area contributed by atoms with Crippen molar-refractivity contribution in [3.8, 4) is 22.6 Å². The first-order valence-corrected chi connectivity index (χ1v) is 19.4. The number of ether oxygens (including phenoxy) is 3. The van der Waals surface area contributed by atoms with E-state index in [4.69, 9.17) is 14.2 Å². The van der Waals surface area contributed by atoms with Crippen LogP contribution in [0.1, 0.15) is 61.1 Å². The number of aliphatic imine (C=N–C) groups is 1. The maximum atomic E-state index is 13.6. The normalized spacial score (nSPS) is 14.4. The van der Waals surface area contributed by atoms with E-state index >= 15 is 0 Å². The molecule has 16 nitrogen and oxygen atoms in total. The maximum absolute atomic E-state index is 13.6. The molecule has 0 spiro atoms. The van der Waals surface area contributed by atoms with Crippen LogP contribution in [0, 0.1) is 0 Å². The van der Waals surface area contributed by atoms with Gasteiger partial charge in [-0.1, -0.05) is 24.3 Å². The van der Waals surface area contributed by atoms with E-state index in [1.165, 1.54) is 23.4 Å². The van der Waals surface area contributed by atoms with Gasteiger partial charge in [-0.15, -0.1) is 0 Å². The fourth-order valence-corrected chi connectivity index (χ4v) is 7.52. The fourth-order valence-electron chi connectivity index (χ4n) is 7.52. The molecule has 5 heterocycles. The predicted molar refractivity (Wildman–Crippen MR) is 228 cm³/mol. The number of carbonyl (C=O) groups is 5. The van der Waals surface area contributed by atoms with Gasteiger partial charge < -0.3 is 38.9 Å². The van der Waals surface area contributed by atoms with Crippen molar-refractivity contribution in [2.45, 2.75) is 25.3 Å². The Labute approximate surface area is 350 Å². The summed E-state index contributed by atoms with van der Waals surface area (Å²) in [6.45, 7) is 4.70. The summed E-state index contributed by atoms with van der Waals surface area (Å²) in [5.41, 5.74) is 5.57. The number of imidazole rings is 1. The summed E-state index contributed by atoms with van der Waals surface area (Å²) in [5.74, 6) is -0.489. The van der Waals surface area contributed by atoms with Crippen molar-refractivity contribution in [2.75, 3.05) is 38.0 Å². The van der Waals surface area contributed by atoms with Crippen molar-refractivity contribution in [3.05, 3.63) is 120 Å². The quantitative estimate of drug-likeness (QED) is 0.0802. The van der Waals surface area contributed by atoms with Crippen molar-refractivity contribution in [2.24, 2.45) is 19.1 Å². The van der Waals surface area contributed by atoms with Gasteiger partial charge >= 0.3 is 5.97 Å². The number of aromatic nitrogens is 4. The topological polar surface area (TPSA) is 180 Å². The number of anilines is 2. The minimum atomic E-state index is -0.471. The van der Waals surface area contributed by atoms with Gasteiger partial charge in [-0.3, -0.25) is 28.7 Å². The average molecular weight is 823 g/mol. The van der Waals surface area contributed by atoms with Gasteiger partial charge in [-0.2, -0.15) is 0 Å². The molecule has 0 radical (unpaired) electrons. The first-order valence-electron chi connectivity index (χ1n) is 19.4. The van der Waals surface area contributed by atoms with Crippen LogP contribution < -0.4 is 20.1 Å². The van der Waals surface area contributed by atoms with Gasteiger partial charge in [0.15, 0.2) is 17.3 Å². The highest BCUT2D eigenvalue weighted by Gasteiger charge is 2.34. The molecule has 0 bridgehead atoms. The van der Waals surface area contributed by atoms with Gasteiger partial charge in [0, 0.05) is 74.6 Å². The number of carbonyl (C=O) groups excluding carboxylic acids is 5. The van der Waals surface area contributed by atoms with Gasteiger partial charge in [-0.25, -0.2) is 9.78 Å². The summed E-state index contributed by atoms with van der Waals surface area (Å²) in [6.07, 6.45) is 8.01. The fraction of sp³-hybridized carbons (Fsp3) is 0.222. The SMILES string of the molecule is C=C1CC2C=Nc3cc(OCCCC(=O)Nc4cn(C)c(C(=O)Nc5ccc(-c6cc(C(=O)n7ccc8cc(C(=O)OC)ccc87)n(C)c6)cc5)n4)c(OC)cc3C(=O)N2C1. The molecule has 1 saturated heterocycles. The molecule has 310 valence electrons. The van der Waals surface area contributed by atoms with E-state index < -0.39 is 11.9 Å². The number of esters is 1. The zero-order valence-corrected chi connectivity index (χ0v) is 33.9. The van der Waals surface area contributed by atoms with Crippen LogP contribution in [0.3, 0.4) is 0 Å². The number of nitrogens with zero attached hydrogens (tertiary/aromatic N) is 6. The smallest absolute Gasteiger partial charge is 0.337 e. The summed E-state index contributed by atoms with van der Waals surface area (Å²) in [5, 5.41) is 6.32. The van der Waals surface area contributed by atoms with E-state index in [2.05, 4.69) is 27.2 Å². The molecule has 16 heteroatoms. The Morgan fingerprint density at radius 3 is 2.48 bits per heavy atom. The average Bonchev–Trinajstić information content (AvgIpc) is 4.04. The van der Waals surface area contributed by atoms with Crippen LogP contribution in [0.2, 0.25) is 0 Å². The third-order valence-electron chi connectivity index (χ3n) is 10.6. The second kappa shape index (κ2) is 16.5. The summed E-state index contributed by atoms with van der Waals surface area (Å²) in [6, 6.07) is 19.0. The monoisotopic (exact) mass is 822 g/mol. The maximum Gasteiger partial charge on any atom is 0.337 e. The van der Waals surface area contributed by atoms with Crippen LogP contribution in [0.15, 0.2) is 102 Å². The Hall–Kier alpha value is -7.75. The summed E-state index contributed by atoms with van der Waals surface area (Å²) >= 11 is 0. The highest BCUT2D eigenvalue weighted by atomic mass is 16.5. The lowest BCUT2D eigenvalue weighted by Gasteiger charge is -2.20. The zero-order valence-electron chi connectivity index (χ0n) is 33.9. The van der Waals surface area contributed by atoms with Gasteiger partial charge in [-0.05, 0) is 66.9 Å². The number of nitrogens with one attached hydrogen (secondary N) is 2. The van der Waals surface area contributed by atoms with E-state index in [1.807, 2.05) is 18.3 Å². The van der Waals surface area contributed by atoms with Gasteiger partial charge in [0.2, 0.25) is 11.7 Å². The Morgan fingerprint density at radius 1 is 0.902 bits per heavy atom. The van der Waals surface area contributed by atoms with Crippen LogP contribution in [0.4, 0.5) is 17.2 Å². The van der Waals surface area contributed by atoms with Crippen LogP contribution in [-0.2, 0) is 23.6 Å². The highest BCUT2D eigenvalue weighted by Crippen LogP contribution is 2.38. The lowest BCUT2D eigenvalue weighted by molar-refractivity contribution is -0.116. The number of rotatable bonds is 12. The molecule has 1 atom stereocenters. The molecule has 2 aliphatic rings. The Bertz CT molecular complexity index is 2790. The third kappa shape index (κ3) is 8.02. The first kappa shape index (κ1) is 40.0. The van der Waals surface area contributed by atoms with Gasteiger partial charge in [0.25, 0.3) is 17.7 Å². The van der Waals surface area contributed by atoms with E-state index in [0.717, 1.165) is 22.1 Å². The Kier molecular flexibility index (Phi) is 10.8. The van der Waals surface area contributed by atoms with Gasteiger partial charge in [0.1, 0.15) is 5.69 Å². The van der Waals surface area contributed by atoms with Crippen LogP contribution >= 0.6 is 0 Å². The van der Waals surface area contributed by atoms with Crippen LogP contribution in [-0.4, -0.2) is 92.8 Å². The first-order chi connectivity index (χ1) is 29.4. The van der Waals surface area contributed by atoms with Crippen molar-refractivity contribution < 1.29 is 38.2 Å². The standard InChI is InChI=1S/C45H42N8O8/c1-26-17-32-22-46-34-21-38(37(59-4)20-33(34)43(56)53(32)23-26)61-16-6-7-40(54)48-39-25-51(3)41(49-39)42(55)47-31-11-8-27(9-12-31)30-19-36(50(2)24-30)44(57)52-15-14-28-18-29(45(58)60-5)10-13-35(28)52/h8-15,18-22,24-25,32H,1,6-7,16-17,23H2,2-5H3,(H,47,55)(H,48,54). The van der Waals surface area contributed by atoms with Crippen LogP contribution in [0.25, 0.3) is 22.0 Å². The number of fused-ring (bicyclic) bond motifs is 3. The van der Waals surface area contributed by atoms with E-state index in [0.29, 0.717) is 64.6 Å². The molecule has 61 heavy (non-hydrogen) atoms. The Balaban J connectivity index is 0.840. The molecular weight excluding hydrogens is 781 g/mol. The molecule has 6 aromatic rings. The molecule has 2 N–H and O–H groups in total. The minimum absolute atomic E-state index is 0.0924. The molecule has 3 aromatic heterocycles. The van der Waals surface area contributed by atoms with Crippen molar-refractivity contribution in [1.29, 1.82) is 0 Å². The molecule has 2 aliphatic heterocycles. The predicted octanol–water partition coefficient (Wildman–Crippen LogP) is 6.40. The molecule has 0 saturated carbocycles. The number of amides is 3. The lowest BCUT2D eigenvalue weighted by Crippen LogP contribution is -2.35. The molecule has 0 aliphatic carbocycles. The number of hydrogen-bond acceptors (Lipinski definition) is 10. The minimum Gasteiger partial charge on any atom is -0.493 e. The molecule has 8 rings (SSSR count). The van der Waals surface area contributed by atoms with E-state index in [1.54, 1.807) is 96.8 Å². The summed E-state index contributed by atoms with van der Waals surface area (Å²) in [7, 11) is 6.27. The van der Waals surface area contributed by atoms with E-state index in [9.17, 15) is 24.0 Å². The lowest BCUT2D eigenvalue weighted by atomic mass is 10.1. The molecule has 1 fully saturated rings. The van der Waals surface area contributed by atoms with E-state index in [-0.39, 0.29) is 48.4 Å². The number of aryl methyl sites for hydroxylation is 2. The summed E-state index contributed by atoms with van der Waals surface area (Å²) in [4.78, 5) is 75.5. The van der Waals surface area contributed by atoms with Crippen molar-refractivity contribution in [3.63, 3.8) is 0 Å².